The Morgan fingerprint density at radius 1 is 1.28 bits per heavy atom. The zero-order valence-electron chi connectivity index (χ0n) is 17.7. The van der Waals surface area contributed by atoms with E-state index in [9.17, 15) is 4.79 Å². The number of guanidine groups is 1. The van der Waals surface area contributed by atoms with Gasteiger partial charge in [-0.1, -0.05) is 18.9 Å². The second-order valence-corrected chi connectivity index (χ2v) is 7.70. The summed E-state index contributed by atoms with van der Waals surface area (Å²) in [6.45, 7) is 4.39. The summed E-state index contributed by atoms with van der Waals surface area (Å²) in [5.74, 6) is 1.35. The van der Waals surface area contributed by atoms with E-state index in [2.05, 4.69) is 25.8 Å². The number of methoxy groups -OCH3 is 1. The number of hydrogen-bond donors (Lipinski definition) is 3. The van der Waals surface area contributed by atoms with Gasteiger partial charge in [0.15, 0.2) is 5.96 Å². The van der Waals surface area contributed by atoms with Gasteiger partial charge in [0.2, 0.25) is 5.91 Å². The lowest BCUT2D eigenvalue weighted by Gasteiger charge is -2.24. The first-order chi connectivity index (χ1) is 13.6. The molecule has 1 aromatic rings. The summed E-state index contributed by atoms with van der Waals surface area (Å²) in [5.41, 5.74) is 1.73. The van der Waals surface area contributed by atoms with Gasteiger partial charge in [-0.2, -0.15) is 0 Å². The standard InChI is InChI=1S/C21H33N5O2.HI/c1-15(27)24-19-12-16(8-9-20(19)28-3)13-23-21(22-2)25-17-10-11-26(14-17)18-6-4-5-7-18;/h8-9,12,17-18H,4-7,10-11,13-14H2,1-3H3,(H,24,27)(H2,22,23,25);1H. The zero-order chi connectivity index (χ0) is 19.9. The largest absolute Gasteiger partial charge is 0.495 e. The number of ether oxygens (including phenoxy) is 1. The number of likely N-dealkylation sites (tertiary alicyclic amines) is 1. The van der Waals surface area contributed by atoms with Crippen LogP contribution < -0.4 is 20.7 Å². The number of amides is 1. The molecule has 1 amide bonds. The Labute approximate surface area is 191 Å². The van der Waals surface area contributed by atoms with Gasteiger partial charge >= 0.3 is 0 Å². The maximum atomic E-state index is 11.4. The predicted molar refractivity (Wildman–Crippen MR) is 128 cm³/mol. The number of nitrogens with one attached hydrogen (secondary N) is 3. The Kier molecular flexibility index (Phi) is 9.48. The lowest BCUT2D eigenvalue weighted by molar-refractivity contribution is -0.114. The molecule has 7 nitrogen and oxygen atoms in total. The van der Waals surface area contributed by atoms with E-state index in [1.807, 2.05) is 18.2 Å². The van der Waals surface area contributed by atoms with Gasteiger partial charge in [0.1, 0.15) is 5.75 Å². The molecule has 1 aromatic carbocycles. The van der Waals surface area contributed by atoms with Crippen molar-refractivity contribution in [2.24, 2.45) is 4.99 Å². The molecular weight excluding hydrogens is 481 g/mol. The van der Waals surface area contributed by atoms with Gasteiger partial charge in [-0.3, -0.25) is 14.7 Å². The molecule has 1 aliphatic carbocycles. The fraction of sp³-hybridized carbons (Fsp3) is 0.619. The molecule has 2 aliphatic rings. The van der Waals surface area contributed by atoms with Gasteiger partial charge in [0.25, 0.3) is 0 Å². The minimum atomic E-state index is -0.117. The monoisotopic (exact) mass is 515 g/mol. The summed E-state index contributed by atoms with van der Waals surface area (Å²) in [7, 11) is 3.40. The number of carbonyl (C=O) groups is 1. The molecule has 2 fully saturated rings. The van der Waals surface area contributed by atoms with Crippen LogP contribution in [0.3, 0.4) is 0 Å². The van der Waals surface area contributed by atoms with Gasteiger partial charge in [-0.05, 0) is 37.0 Å². The number of nitrogens with zero attached hydrogens (tertiary/aromatic N) is 2. The van der Waals surface area contributed by atoms with E-state index in [0.29, 0.717) is 24.0 Å². The molecule has 1 atom stereocenters. The fourth-order valence-corrected chi connectivity index (χ4v) is 4.23. The fourth-order valence-electron chi connectivity index (χ4n) is 4.23. The van der Waals surface area contributed by atoms with Crippen molar-refractivity contribution in [3.8, 4) is 5.75 Å². The highest BCUT2D eigenvalue weighted by Crippen LogP contribution is 2.27. The van der Waals surface area contributed by atoms with E-state index in [4.69, 9.17) is 4.74 Å². The van der Waals surface area contributed by atoms with Crippen LogP contribution in [0.5, 0.6) is 5.75 Å². The summed E-state index contributed by atoms with van der Waals surface area (Å²) < 4.78 is 5.31. The number of carbonyl (C=O) groups excluding carboxylic acids is 1. The van der Waals surface area contributed by atoms with Gasteiger partial charge in [-0.25, -0.2) is 0 Å². The molecule has 0 spiro atoms. The van der Waals surface area contributed by atoms with Crippen LogP contribution in [0, 0.1) is 0 Å². The molecule has 1 heterocycles. The van der Waals surface area contributed by atoms with Crippen molar-refractivity contribution in [1.29, 1.82) is 0 Å². The zero-order valence-corrected chi connectivity index (χ0v) is 20.0. The highest BCUT2D eigenvalue weighted by molar-refractivity contribution is 14.0. The number of aliphatic imine (C=N–C) groups is 1. The molecule has 1 saturated heterocycles. The van der Waals surface area contributed by atoms with Crippen LogP contribution in [0.4, 0.5) is 5.69 Å². The van der Waals surface area contributed by atoms with Crippen LogP contribution in [0.1, 0.15) is 44.6 Å². The van der Waals surface area contributed by atoms with E-state index < -0.39 is 0 Å². The van der Waals surface area contributed by atoms with Crippen molar-refractivity contribution >= 4 is 41.5 Å². The predicted octanol–water partition coefficient (Wildman–Crippen LogP) is 2.95. The number of hydrogen-bond acceptors (Lipinski definition) is 4. The third-order valence-electron chi connectivity index (χ3n) is 5.66. The third kappa shape index (κ3) is 6.74. The first-order valence-corrected chi connectivity index (χ1v) is 10.2. The summed E-state index contributed by atoms with van der Waals surface area (Å²) in [6, 6.07) is 7.01. The van der Waals surface area contributed by atoms with E-state index in [1.54, 1.807) is 14.2 Å². The Morgan fingerprint density at radius 2 is 2.03 bits per heavy atom. The Balaban J connectivity index is 0.00000300. The lowest BCUT2D eigenvalue weighted by Crippen LogP contribution is -2.45. The summed E-state index contributed by atoms with van der Waals surface area (Å²) >= 11 is 0. The highest BCUT2D eigenvalue weighted by atomic mass is 127. The second kappa shape index (κ2) is 11.6. The SMILES string of the molecule is CN=C(NCc1ccc(OC)c(NC(C)=O)c1)NC1CCN(C2CCCC2)C1.I. The Bertz CT molecular complexity index is 706. The van der Waals surface area contributed by atoms with Crippen LogP contribution in [-0.2, 0) is 11.3 Å². The van der Waals surface area contributed by atoms with Crippen LogP contribution >= 0.6 is 24.0 Å². The quantitative estimate of drug-likeness (QED) is 0.309. The molecule has 3 rings (SSSR count). The molecule has 8 heteroatoms. The average molecular weight is 515 g/mol. The number of anilines is 1. The Morgan fingerprint density at radius 3 is 2.69 bits per heavy atom. The molecule has 162 valence electrons. The molecule has 0 aromatic heterocycles. The van der Waals surface area contributed by atoms with Crippen LogP contribution in [0.15, 0.2) is 23.2 Å². The topological polar surface area (TPSA) is 78.0 Å². The van der Waals surface area contributed by atoms with Crippen LogP contribution in [0.25, 0.3) is 0 Å². The molecule has 1 aliphatic heterocycles. The van der Waals surface area contributed by atoms with Crippen molar-refractivity contribution in [3.05, 3.63) is 23.8 Å². The van der Waals surface area contributed by atoms with Gasteiger partial charge in [-0.15, -0.1) is 24.0 Å². The summed E-state index contributed by atoms with van der Waals surface area (Å²) in [4.78, 5) is 18.4. The maximum Gasteiger partial charge on any atom is 0.221 e. The lowest BCUT2D eigenvalue weighted by atomic mass is 10.2. The summed E-state index contributed by atoms with van der Waals surface area (Å²) in [5, 5.41) is 9.76. The molecule has 0 radical (unpaired) electrons. The molecule has 1 unspecified atom stereocenters. The normalized spacial score (nSPS) is 20.2. The molecule has 1 saturated carbocycles. The molecular formula is C21H34IN5O2. The minimum absolute atomic E-state index is 0. The van der Waals surface area contributed by atoms with Gasteiger partial charge < -0.3 is 20.7 Å². The number of benzene rings is 1. The smallest absolute Gasteiger partial charge is 0.221 e. The van der Waals surface area contributed by atoms with Crippen molar-refractivity contribution in [1.82, 2.24) is 15.5 Å². The van der Waals surface area contributed by atoms with E-state index in [-0.39, 0.29) is 29.9 Å². The first-order valence-electron chi connectivity index (χ1n) is 10.2. The molecule has 29 heavy (non-hydrogen) atoms. The summed E-state index contributed by atoms with van der Waals surface area (Å²) in [6.07, 6.45) is 6.63. The van der Waals surface area contributed by atoms with Crippen molar-refractivity contribution in [2.45, 2.75) is 57.7 Å². The van der Waals surface area contributed by atoms with Crippen molar-refractivity contribution in [2.75, 3.05) is 32.6 Å². The average Bonchev–Trinajstić information content (AvgIpc) is 3.36. The van der Waals surface area contributed by atoms with Crippen LogP contribution in [0.2, 0.25) is 0 Å². The van der Waals surface area contributed by atoms with Crippen LogP contribution in [-0.4, -0.2) is 56.1 Å². The minimum Gasteiger partial charge on any atom is -0.495 e. The van der Waals surface area contributed by atoms with Crippen molar-refractivity contribution < 1.29 is 9.53 Å². The maximum absolute atomic E-state index is 11.4. The first kappa shape index (κ1) is 23.7. The molecule has 3 N–H and O–H groups in total. The number of halogens is 1. The van der Waals surface area contributed by atoms with E-state index in [1.165, 1.54) is 39.2 Å². The molecule has 0 bridgehead atoms. The van der Waals surface area contributed by atoms with Gasteiger partial charge in [0.05, 0.1) is 12.8 Å². The van der Waals surface area contributed by atoms with Gasteiger partial charge in [0, 0.05) is 45.7 Å². The third-order valence-corrected chi connectivity index (χ3v) is 5.66. The van der Waals surface area contributed by atoms with Crippen molar-refractivity contribution in [3.63, 3.8) is 0 Å². The van der Waals surface area contributed by atoms with E-state index in [0.717, 1.165) is 30.5 Å². The second-order valence-electron chi connectivity index (χ2n) is 7.70. The Hall–Kier alpha value is -1.55. The highest BCUT2D eigenvalue weighted by Gasteiger charge is 2.30. The van der Waals surface area contributed by atoms with E-state index >= 15 is 0 Å². The number of rotatable bonds is 6.